The fourth-order valence-electron chi connectivity index (χ4n) is 3.05. The van der Waals surface area contributed by atoms with Crippen LogP contribution >= 0.6 is 46.4 Å². The van der Waals surface area contributed by atoms with Crippen LogP contribution in [0, 0.1) is 11.7 Å². The Morgan fingerprint density at radius 2 is 1.73 bits per heavy atom. The monoisotopic (exact) mass is 503 g/mol. The molecule has 0 aromatic heterocycles. The number of aromatic carboxylic acids is 1. The Balaban J connectivity index is 1.91. The molecule has 160 valence electrons. The molecule has 2 aromatic carbocycles. The van der Waals surface area contributed by atoms with Gasteiger partial charge in [0.15, 0.2) is 0 Å². The summed E-state index contributed by atoms with van der Waals surface area (Å²) in [6, 6.07) is 4.91. The van der Waals surface area contributed by atoms with Crippen molar-refractivity contribution in [3.8, 4) is 0 Å². The molecule has 1 aliphatic carbocycles. The van der Waals surface area contributed by atoms with Gasteiger partial charge in [0.2, 0.25) is 5.91 Å². The van der Waals surface area contributed by atoms with Gasteiger partial charge in [-0.2, -0.15) is 13.2 Å². The number of hydrogen-bond donors (Lipinski definition) is 2. The summed E-state index contributed by atoms with van der Waals surface area (Å²) < 4.78 is 51.3. The van der Waals surface area contributed by atoms with Gasteiger partial charge < -0.3 is 10.4 Å². The van der Waals surface area contributed by atoms with E-state index in [1.54, 1.807) is 0 Å². The van der Waals surface area contributed by atoms with Gasteiger partial charge >= 0.3 is 12.1 Å². The molecule has 0 spiro atoms. The van der Waals surface area contributed by atoms with Crippen molar-refractivity contribution >= 4 is 64.0 Å². The number of alkyl halides is 5. The van der Waals surface area contributed by atoms with Gasteiger partial charge in [-0.1, -0.05) is 29.3 Å². The molecule has 12 heteroatoms. The van der Waals surface area contributed by atoms with Gasteiger partial charge in [0.25, 0.3) is 0 Å². The Kier molecular flexibility index (Phi) is 5.92. The second-order valence-electron chi connectivity index (χ2n) is 6.48. The Bertz CT molecular complexity index is 1060. The topological polar surface area (TPSA) is 66.4 Å². The summed E-state index contributed by atoms with van der Waals surface area (Å²) in [7, 11) is 0. The zero-order valence-corrected chi connectivity index (χ0v) is 17.4. The summed E-state index contributed by atoms with van der Waals surface area (Å²) in [5.74, 6) is -5.19. The van der Waals surface area contributed by atoms with Crippen molar-refractivity contribution in [2.75, 3.05) is 5.32 Å². The fourth-order valence-corrected chi connectivity index (χ4v) is 4.37. The van der Waals surface area contributed by atoms with Crippen molar-refractivity contribution in [1.29, 1.82) is 0 Å². The number of anilines is 1. The van der Waals surface area contributed by atoms with Crippen LogP contribution in [0.15, 0.2) is 30.3 Å². The molecule has 30 heavy (non-hydrogen) atoms. The minimum Gasteiger partial charge on any atom is -0.478 e. The van der Waals surface area contributed by atoms with E-state index in [4.69, 9.17) is 51.5 Å². The van der Waals surface area contributed by atoms with Crippen molar-refractivity contribution in [2.45, 2.75) is 16.4 Å². The van der Waals surface area contributed by atoms with E-state index >= 15 is 0 Å². The van der Waals surface area contributed by atoms with E-state index in [0.29, 0.717) is 11.6 Å². The van der Waals surface area contributed by atoms with Crippen molar-refractivity contribution in [3.05, 3.63) is 62.9 Å². The van der Waals surface area contributed by atoms with Gasteiger partial charge in [-0.25, -0.2) is 9.18 Å². The standard InChI is InChI=1S/C18H9Cl4F4NO3/c19-10-3-6(1-2-11(10)23)12-13(17(12,21)22)15(28)27-7-4-8(16(29)30)14(20)9(5-7)18(24,25)26/h1-5,12-13H,(H,27,28)(H,29,30)/t12-,13+/m0/s1. The zero-order valence-electron chi connectivity index (χ0n) is 14.3. The summed E-state index contributed by atoms with van der Waals surface area (Å²) >= 11 is 23.6. The molecule has 2 atom stereocenters. The summed E-state index contributed by atoms with van der Waals surface area (Å²) in [5.41, 5.74) is -2.38. The number of rotatable bonds is 4. The lowest BCUT2D eigenvalue weighted by atomic mass is 10.1. The Hall–Kier alpha value is -1.74. The summed E-state index contributed by atoms with van der Waals surface area (Å²) in [4.78, 5) is 23.8. The summed E-state index contributed by atoms with van der Waals surface area (Å²) in [5, 5.41) is 10.1. The number of carbonyl (C=O) groups excluding carboxylic acids is 1. The molecule has 3 rings (SSSR count). The van der Waals surface area contributed by atoms with E-state index in [-0.39, 0.29) is 5.02 Å². The van der Waals surface area contributed by atoms with Crippen LogP contribution in [0.3, 0.4) is 0 Å². The highest BCUT2D eigenvalue weighted by molar-refractivity contribution is 6.53. The molecule has 1 fully saturated rings. The van der Waals surface area contributed by atoms with Crippen molar-refractivity contribution in [2.24, 2.45) is 5.92 Å². The first-order valence-electron chi connectivity index (χ1n) is 8.02. The van der Waals surface area contributed by atoms with E-state index in [2.05, 4.69) is 5.32 Å². The first kappa shape index (κ1) is 22.9. The molecule has 1 saturated carbocycles. The minimum absolute atomic E-state index is 0.221. The Labute approximate surface area is 186 Å². The van der Waals surface area contributed by atoms with Crippen LogP contribution in [0.4, 0.5) is 23.2 Å². The third-order valence-corrected chi connectivity index (χ3v) is 6.15. The Morgan fingerprint density at radius 1 is 1.10 bits per heavy atom. The van der Waals surface area contributed by atoms with Crippen LogP contribution in [0.1, 0.15) is 27.4 Å². The minimum atomic E-state index is -4.96. The predicted molar refractivity (Wildman–Crippen MR) is 104 cm³/mol. The SMILES string of the molecule is O=C(O)c1cc(NC(=O)[C@H]2[C@H](c3ccc(F)c(Cl)c3)C2(Cl)Cl)cc(C(F)(F)F)c1Cl. The number of carboxylic acids is 1. The maximum absolute atomic E-state index is 13.4. The quantitative estimate of drug-likeness (QED) is 0.375. The number of carboxylic acid groups (broad SMARTS) is 1. The predicted octanol–water partition coefficient (Wildman–Crippen LogP) is 6.38. The number of amides is 1. The van der Waals surface area contributed by atoms with Gasteiger partial charge in [0, 0.05) is 11.6 Å². The van der Waals surface area contributed by atoms with Crippen LogP contribution in [-0.2, 0) is 11.0 Å². The molecule has 0 heterocycles. The number of nitrogens with one attached hydrogen (secondary N) is 1. The third kappa shape index (κ3) is 4.19. The fraction of sp³-hybridized carbons (Fsp3) is 0.222. The summed E-state index contributed by atoms with van der Waals surface area (Å²) in [6.45, 7) is 0. The zero-order chi connectivity index (χ0) is 22.6. The average molecular weight is 505 g/mol. The third-order valence-electron chi connectivity index (χ3n) is 4.51. The molecule has 0 unspecified atom stereocenters. The molecule has 0 radical (unpaired) electrons. The van der Waals surface area contributed by atoms with Gasteiger partial charge in [0.05, 0.1) is 27.1 Å². The molecule has 1 amide bonds. The van der Waals surface area contributed by atoms with E-state index < -0.39 is 61.9 Å². The lowest BCUT2D eigenvalue weighted by molar-refractivity contribution is -0.137. The number of benzene rings is 2. The van der Waals surface area contributed by atoms with E-state index in [1.165, 1.54) is 12.1 Å². The van der Waals surface area contributed by atoms with Crippen molar-refractivity contribution in [3.63, 3.8) is 0 Å². The maximum atomic E-state index is 13.4. The van der Waals surface area contributed by atoms with Crippen LogP contribution in [-0.4, -0.2) is 21.3 Å². The molecular formula is C18H9Cl4F4NO3. The van der Waals surface area contributed by atoms with Gasteiger partial charge in [-0.15, -0.1) is 23.2 Å². The molecule has 0 aliphatic heterocycles. The number of hydrogen-bond acceptors (Lipinski definition) is 2. The van der Waals surface area contributed by atoms with E-state index in [0.717, 1.165) is 12.1 Å². The number of carbonyl (C=O) groups is 2. The molecule has 0 saturated heterocycles. The van der Waals surface area contributed by atoms with Gasteiger partial charge in [0.1, 0.15) is 10.2 Å². The largest absolute Gasteiger partial charge is 0.478 e. The van der Waals surface area contributed by atoms with Gasteiger partial charge in [-0.05, 0) is 29.8 Å². The van der Waals surface area contributed by atoms with Crippen molar-refractivity contribution < 1.29 is 32.3 Å². The molecule has 0 bridgehead atoms. The van der Waals surface area contributed by atoms with E-state index in [9.17, 15) is 27.2 Å². The van der Waals surface area contributed by atoms with Crippen LogP contribution in [0.25, 0.3) is 0 Å². The summed E-state index contributed by atoms with van der Waals surface area (Å²) in [6.07, 6.45) is -4.96. The van der Waals surface area contributed by atoms with Crippen LogP contribution < -0.4 is 5.32 Å². The molecule has 2 aromatic rings. The van der Waals surface area contributed by atoms with Crippen LogP contribution in [0.2, 0.25) is 10.0 Å². The molecule has 1 aliphatic rings. The van der Waals surface area contributed by atoms with E-state index in [1.807, 2.05) is 0 Å². The molecule has 2 N–H and O–H groups in total. The molecular weight excluding hydrogens is 496 g/mol. The van der Waals surface area contributed by atoms with Crippen LogP contribution in [0.5, 0.6) is 0 Å². The highest BCUT2D eigenvalue weighted by Crippen LogP contribution is 2.65. The first-order valence-corrected chi connectivity index (χ1v) is 9.54. The lowest BCUT2D eigenvalue weighted by Gasteiger charge is -2.14. The first-order chi connectivity index (χ1) is 13.7. The molecule has 4 nitrogen and oxygen atoms in total. The number of halogens is 8. The van der Waals surface area contributed by atoms with Crippen molar-refractivity contribution in [1.82, 2.24) is 0 Å². The maximum Gasteiger partial charge on any atom is 0.417 e. The second kappa shape index (κ2) is 7.75. The highest BCUT2D eigenvalue weighted by Gasteiger charge is 2.67. The second-order valence-corrected chi connectivity index (χ2v) is 8.71. The Morgan fingerprint density at radius 3 is 2.27 bits per heavy atom. The normalized spacial score (nSPS) is 20.0. The van der Waals surface area contributed by atoms with Gasteiger partial charge in [-0.3, -0.25) is 4.79 Å². The highest BCUT2D eigenvalue weighted by atomic mass is 35.5. The lowest BCUT2D eigenvalue weighted by Crippen LogP contribution is -2.19. The smallest absolute Gasteiger partial charge is 0.417 e. The average Bonchev–Trinajstić information content (AvgIpc) is 3.19.